The molecule has 0 bridgehead atoms. The number of carbonyl (C=O) groups is 1. The van der Waals surface area contributed by atoms with Gasteiger partial charge in [0.05, 0.1) is 7.11 Å². The molecule has 0 radical (unpaired) electrons. The minimum Gasteiger partial charge on any atom is -0.493 e. The van der Waals surface area contributed by atoms with E-state index in [0.29, 0.717) is 29.4 Å². The van der Waals surface area contributed by atoms with Crippen molar-refractivity contribution in [1.82, 2.24) is 0 Å². The maximum absolute atomic E-state index is 12.7. The van der Waals surface area contributed by atoms with Crippen LogP contribution < -0.4 is 14.8 Å². The summed E-state index contributed by atoms with van der Waals surface area (Å²) in [5.41, 5.74) is 4.55. The topological polar surface area (TPSA) is 71.3 Å². The number of carbonyl (C=O) groups excluding carboxylic acids is 1. The molecule has 4 aromatic carbocycles. The van der Waals surface area contributed by atoms with Gasteiger partial charge in [0.25, 0.3) is 5.91 Å². The van der Waals surface area contributed by atoms with Gasteiger partial charge in [0, 0.05) is 5.69 Å². The van der Waals surface area contributed by atoms with Gasteiger partial charge in [-0.15, -0.1) is 0 Å². The number of benzene rings is 4. The second kappa shape index (κ2) is 10.6. The molecule has 1 amide bonds. The second-order valence-electron chi connectivity index (χ2n) is 8.30. The summed E-state index contributed by atoms with van der Waals surface area (Å²) in [4.78, 5) is 12.7. The van der Waals surface area contributed by atoms with Crippen LogP contribution in [0.4, 0.5) is 5.69 Å². The van der Waals surface area contributed by atoms with Gasteiger partial charge in [-0.3, -0.25) is 4.79 Å². The average Bonchev–Trinajstić information content (AvgIpc) is 2.88. The van der Waals surface area contributed by atoms with Gasteiger partial charge in [-0.2, -0.15) is 5.26 Å². The van der Waals surface area contributed by atoms with E-state index >= 15 is 0 Å². The first-order valence-corrected chi connectivity index (χ1v) is 11.3. The van der Waals surface area contributed by atoms with Gasteiger partial charge < -0.3 is 14.8 Å². The van der Waals surface area contributed by atoms with Crippen LogP contribution in [0.15, 0.2) is 84.4 Å². The summed E-state index contributed by atoms with van der Waals surface area (Å²) in [5, 5.41) is 14.7. The van der Waals surface area contributed by atoms with E-state index in [-0.39, 0.29) is 5.57 Å². The lowest BCUT2D eigenvalue weighted by Crippen LogP contribution is -2.13. The monoisotopic (exact) mass is 462 g/mol. The Morgan fingerprint density at radius 3 is 2.46 bits per heavy atom. The molecule has 0 unspecified atom stereocenters. The van der Waals surface area contributed by atoms with Crippen molar-refractivity contribution in [2.45, 2.75) is 20.5 Å². The number of nitriles is 1. The molecular weight excluding hydrogens is 436 g/mol. The number of rotatable bonds is 7. The fraction of sp³-hybridized carbons (Fsp3) is 0.133. The Morgan fingerprint density at radius 1 is 0.914 bits per heavy atom. The summed E-state index contributed by atoms with van der Waals surface area (Å²) in [6, 6.07) is 27.3. The Balaban J connectivity index is 1.49. The summed E-state index contributed by atoms with van der Waals surface area (Å²) in [5.74, 6) is 0.633. The van der Waals surface area contributed by atoms with Crippen molar-refractivity contribution >= 4 is 28.4 Å². The molecule has 0 saturated carbocycles. The summed E-state index contributed by atoms with van der Waals surface area (Å²) < 4.78 is 11.5. The minimum absolute atomic E-state index is 0.00452. The zero-order valence-corrected chi connectivity index (χ0v) is 20.0. The van der Waals surface area contributed by atoms with E-state index in [2.05, 4.69) is 29.6 Å². The Hall–Kier alpha value is -4.56. The summed E-state index contributed by atoms with van der Waals surface area (Å²) in [6.45, 7) is 4.37. The maximum atomic E-state index is 12.7. The number of hydrogen-bond acceptors (Lipinski definition) is 4. The van der Waals surface area contributed by atoms with Gasteiger partial charge in [0.15, 0.2) is 11.5 Å². The number of nitrogens with one attached hydrogen (secondary N) is 1. The number of ether oxygens (including phenoxy) is 2. The number of anilines is 1. The van der Waals surface area contributed by atoms with Crippen LogP contribution in [-0.2, 0) is 11.4 Å². The van der Waals surface area contributed by atoms with Gasteiger partial charge in [-0.25, -0.2) is 0 Å². The molecule has 5 heteroatoms. The molecule has 0 saturated heterocycles. The zero-order chi connectivity index (χ0) is 24.8. The molecule has 5 nitrogen and oxygen atoms in total. The highest BCUT2D eigenvalue weighted by atomic mass is 16.5. The molecule has 0 aliphatic carbocycles. The molecule has 0 fully saturated rings. The van der Waals surface area contributed by atoms with E-state index in [4.69, 9.17) is 9.47 Å². The molecule has 35 heavy (non-hydrogen) atoms. The van der Waals surface area contributed by atoms with Crippen LogP contribution in [0.5, 0.6) is 11.5 Å². The third-order valence-corrected chi connectivity index (χ3v) is 5.84. The molecule has 1 N–H and O–H groups in total. The highest BCUT2D eigenvalue weighted by Gasteiger charge is 2.12. The predicted molar refractivity (Wildman–Crippen MR) is 139 cm³/mol. The zero-order valence-electron chi connectivity index (χ0n) is 20.0. The second-order valence-corrected chi connectivity index (χ2v) is 8.30. The standard InChI is InChI=1S/C30H26N2O3/c1-20-8-12-27(14-21(20)2)32-30(33)26(18-31)15-22-10-13-28(29(17-22)34-3)35-19-23-9-11-24-6-4-5-7-25(24)16-23/h4-17H,19H2,1-3H3,(H,32,33)/b26-15+. The fourth-order valence-corrected chi connectivity index (χ4v) is 3.72. The molecule has 4 aromatic rings. The predicted octanol–water partition coefficient (Wildman–Crippen LogP) is 6.59. The Kier molecular flexibility index (Phi) is 7.13. The number of methoxy groups -OCH3 is 1. The van der Waals surface area contributed by atoms with E-state index in [1.807, 2.05) is 56.3 Å². The van der Waals surface area contributed by atoms with Crippen molar-refractivity contribution in [3.63, 3.8) is 0 Å². The molecule has 0 atom stereocenters. The van der Waals surface area contributed by atoms with E-state index in [1.54, 1.807) is 25.3 Å². The van der Waals surface area contributed by atoms with E-state index in [1.165, 1.54) is 11.5 Å². The highest BCUT2D eigenvalue weighted by molar-refractivity contribution is 6.09. The number of amides is 1. The molecule has 0 aromatic heterocycles. The van der Waals surface area contributed by atoms with Crippen LogP contribution in [0, 0.1) is 25.2 Å². The number of aryl methyl sites for hydroxylation is 2. The normalized spacial score (nSPS) is 11.1. The summed E-state index contributed by atoms with van der Waals surface area (Å²) >= 11 is 0. The minimum atomic E-state index is -0.466. The van der Waals surface area contributed by atoms with Gasteiger partial charge in [-0.1, -0.05) is 48.5 Å². The first kappa shape index (κ1) is 23.6. The first-order valence-electron chi connectivity index (χ1n) is 11.3. The molecule has 174 valence electrons. The third-order valence-electron chi connectivity index (χ3n) is 5.84. The van der Waals surface area contributed by atoms with Gasteiger partial charge in [0.1, 0.15) is 18.2 Å². The van der Waals surface area contributed by atoms with Gasteiger partial charge >= 0.3 is 0 Å². The lowest BCUT2D eigenvalue weighted by atomic mass is 10.1. The fourth-order valence-electron chi connectivity index (χ4n) is 3.72. The Bertz CT molecular complexity index is 1460. The van der Waals surface area contributed by atoms with Crippen LogP contribution in [0.3, 0.4) is 0 Å². The maximum Gasteiger partial charge on any atom is 0.266 e. The third kappa shape index (κ3) is 5.69. The van der Waals surface area contributed by atoms with Gasteiger partial charge in [-0.05, 0) is 83.3 Å². The average molecular weight is 463 g/mol. The van der Waals surface area contributed by atoms with Crippen LogP contribution in [0.2, 0.25) is 0 Å². The van der Waals surface area contributed by atoms with E-state index in [0.717, 1.165) is 22.1 Å². The van der Waals surface area contributed by atoms with Gasteiger partial charge in [0.2, 0.25) is 0 Å². The number of fused-ring (bicyclic) bond motifs is 1. The van der Waals surface area contributed by atoms with Crippen LogP contribution in [0.1, 0.15) is 22.3 Å². The molecular formula is C30H26N2O3. The van der Waals surface area contributed by atoms with Crippen molar-refractivity contribution in [2.24, 2.45) is 0 Å². The molecule has 0 aliphatic rings. The number of nitrogens with zero attached hydrogens (tertiary/aromatic N) is 1. The molecule has 4 rings (SSSR count). The lowest BCUT2D eigenvalue weighted by molar-refractivity contribution is -0.112. The van der Waals surface area contributed by atoms with Crippen molar-refractivity contribution in [3.8, 4) is 17.6 Å². The highest BCUT2D eigenvalue weighted by Crippen LogP contribution is 2.30. The number of hydrogen-bond donors (Lipinski definition) is 1. The lowest BCUT2D eigenvalue weighted by Gasteiger charge is -2.12. The van der Waals surface area contributed by atoms with Crippen molar-refractivity contribution in [3.05, 3.63) is 107 Å². The first-order chi connectivity index (χ1) is 17.0. The SMILES string of the molecule is COc1cc(/C=C(\C#N)C(=O)Nc2ccc(C)c(C)c2)ccc1OCc1ccc2ccccc2c1. The largest absolute Gasteiger partial charge is 0.493 e. The van der Waals surface area contributed by atoms with Crippen molar-refractivity contribution in [2.75, 3.05) is 12.4 Å². The van der Waals surface area contributed by atoms with Crippen LogP contribution in [-0.4, -0.2) is 13.0 Å². The quantitative estimate of drug-likeness (QED) is 0.248. The van der Waals surface area contributed by atoms with Crippen LogP contribution >= 0.6 is 0 Å². The summed E-state index contributed by atoms with van der Waals surface area (Å²) in [7, 11) is 1.56. The van der Waals surface area contributed by atoms with E-state index < -0.39 is 5.91 Å². The summed E-state index contributed by atoms with van der Waals surface area (Å²) in [6.07, 6.45) is 1.53. The molecule has 0 spiro atoms. The smallest absolute Gasteiger partial charge is 0.266 e. The van der Waals surface area contributed by atoms with E-state index in [9.17, 15) is 10.1 Å². The molecule has 0 aliphatic heterocycles. The van der Waals surface area contributed by atoms with Crippen molar-refractivity contribution in [1.29, 1.82) is 5.26 Å². The van der Waals surface area contributed by atoms with Crippen LogP contribution in [0.25, 0.3) is 16.8 Å². The Morgan fingerprint density at radius 2 is 1.71 bits per heavy atom. The Labute approximate surface area is 205 Å². The van der Waals surface area contributed by atoms with Crippen molar-refractivity contribution < 1.29 is 14.3 Å². The molecule has 0 heterocycles.